The summed E-state index contributed by atoms with van der Waals surface area (Å²) in [6.45, 7) is 8.56. The Kier molecular flexibility index (Phi) is 3.74. The third-order valence-corrected chi connectivity index (χ3v) is 3.38. The van der Waals surface area contributed by atoms with E-state index in [9.17, 15) is 4.79 Å². The minimum absolute atomic E-state index is 0.0542. The fourth-order valence-corrected chi connectivity index (χ4v) is 2.06. The van der Waals surface area contributed by atoms with Crippen molar-refractivity contribution < 1.29 is 9.53 Å². The summed E-state index contributed by atoms with van der Waals surface area (Å²) >= 11 is 0. The quantitative estimate of drug-likeness (QED) is 0.763. The monoisotopic (exact) mass is 259 g/mol. The normalized spacial score (nSPS) is 19.9. The van der Waals surface area contributed by atoms with Crippen LogP contribution in [-0.2, 0) is 14.9 Å². The average molecular weight is 259 g/mol. The minimum atomic E-state index is -0.184. The summed E-state index contributed by atoms with van der Waals surface area (Å²) in [6, 6.07) is 8.15. The lowest BCUT2D eigenvalue weighted by Crippen LogP contribution is -2.26. The lowest BCUT2D eigenvalue weighted by atomic mass is 9.87. The van der Waals surface area contributed by atoms with Gasteiger partial charge in [0.05, 0.1) is 12.5 Å². The predicted molar refractivity (Wildman–Crippen MR) is 76.5 cm³/mol. The summed E-state index contributed by atoms with van der Waals surface area (Å²) in [5.74, 6) is 0.278. The molecule has 102 valence electrons. The molecule has 1 aromatic rings. The lowest BCUT2D eigenvalue weighted by molar-refractivity contribution is -0.136. The van der Waals surface area contributed by atoms with Crippen LogP contribution in [0.2, 0.25) is 0 Å². The van der Waals surface area contributed by atoms with E-state index in [4.69, 9.17) is 4.74 Å². The van der Waals surface area contributed by atoms with Gasteiger partial charge in [-0.3, -0.25) is 4.79 Å². The van der Waals surface area contributed by atoms with Crippen molar-refractivity contribution in [3.63, 3.8) is 0 Å². The van der Waals surface area contributed by atoms with Gasteiger partial charge in [0.25, 0.3) is 0 Å². The van der Waals surface area contributed by atoms with Gasteiger partial charge in [-0.15, -0.1) is 0 Å². The second-order valence-corrected chi connectivity index (χ2v) is 6.00. The Morgan fingerprint density at radius 3 is 2.42 bits per heavy atom. The van der Waals surface area contributed by atoms with Crippen LogP contribution < -0.4 is 0 Å². The van der Waals surface area contributed by atoms with E-state index in [1.54, 1.807) is 0 Å². The standard InChI is InChI=1S/C16H21NO2/c1-5-13-10-14(18)19-15(17-13)11-6-8-12(9-7-11)16(2,3)4/h6-9,13H,5,10H2,1-4H3. The fourth-order valence-electron chi connectivity index (χ4n) is 2.06. The Morgan fingerprint density at radius 1 is 1.26 bits per heavy atom. The van der Waals surface area contributed by atoms with Crippen LogP contribution in [0, 0.1) is 0 Å². The third kappa shape index (κ3) is 3.22. The second kappa shape index (κ2) is 5.16. The van der Waals surface area contributed by atoms with E-state index < -0.39 is 0 Å². The van der Waals surface area contributed by atoms with Crippen molar-refractivity contribution in [2.24, 2.45) is 4.99 Å². The highest BCUT2D eigenvalue weighted by Crippen LogP contribution is 2.23. The van der Waals surface area contributed by atoms with Gasteiger partial charge >= 0.3 is 5.97 Å². The van der Waals surface area contributed by atoms with E-state index >= 15 is 0 Å². The van der Waals surface area contributed by atoms with Crippen LogP contribution >= 0.6 is 0 Å². The molecule has 1 atom stereocenters. The molecule has 0 amide bonds. The molecule has 0 spiro atoms. The highest BCUT2D eigenvalue weighted by molar-refractivity contribution is 6.02. The first-order valence-corrected chi connectivity index (χ1v) is 6.79. The van der Waals surface area contributed by atoms with Gasteiger partial charge in [0.2, 0.25) is 5.90 Å². The lowest BCUT2D eigenvalue weighted by Gasteiger charge is -2.21. The predicted octanol–water partition coefficient (Wildman–Crippen LogP) is 3.46. The molecule has 0 fully saturated rings. The summed E-state index contributed by atoms with van der Waals surface area (Å²) < 4.78 is 5.24. The molecular weight excluding hydrogens is 238 g/mol. The highest BCUT2D eigenvalue weighted by Gasteiger charge is 2.23. The zero-order chi connectivity index (χ0) is 14.0. The van der Waals surface area contributed by atoms with Gasteiger partial charge in [-0.25, -0.2) is 4.99 Å². The summed E-state index contributed by atoms with van der Waals surface area (Å²) in [6.07, 6.45) is 1.25. The van der Waals surface area contributed by atoms with Crippen LogP contribution in [0.5, 0.6) is 0 Å². The summed E-state index contributed by atoms with van der Waals surface area (Å²) in [5.41, 5.74) is 2.25. The highest BCUT2D eigenvalue weighted by atomic mass is 16.5. The van der Waals surface area contributed by atoms with Crippen molar-refractivity contribution in [2.45, 2.75) is 52.0 Å². The number of carbonyl (C=O) groups is 1. The first kappa shape index (κ1) is 13.8. The van der Waals surface area contributed by atoms with Gasteiger partial charge in [0.1, 0.15) is 0 Å². The molecule has 0 N–H and O–H groups in total. The van der Waals surface area contributed by atoms with Gasteiger partial charge in [0.15, 0.2) is 0 Å². The largest absolute Gasteiger partial charge is 0.407 e. The number of hydrogen-bond donors (Lipinski definition) is 0. The maximum atomic E-state index is 11.5. The van der Waals surface area contributed by atoms with E-state index in [0.717, 1.165) is 12.0 Å². The Morgan fingerprint density at radius 2 is 1.89 bits per heavy atom. The second-order valence-electron chi connectivity index (χ2n) is 6.00. The number of esters is 1. The number of ether oxygens (including phenoxy) is 1. The number of nitrogens with zero attached hydrogens (tertiary/aromatic N) is 1. The van der Waals surface area contributed by atoms with Crippen molar-refractivity contribution >= 4 is 11.9 Å². The third-order valence-electron chi connectivity index (χ3n) is 3.38. The van der Waals surface area contributed by atoms with Crippen LogP contribution in [-0.4, -0.2) is 17.9 Å². The van der Waals surface area contributed by atoms with E-state index in [0.29, 0.717) is 12.3 Å². The molecule has 1 aliphatic heterocycles. The molecule has 0 aliphatic carbocycles. The Hall–Kier alpha value is -1.64. The summed E-state index contributed by atoms with van der Waals surface area (Å²) in [5, 5.41) is 0. The molecule has 3 heteroatoms. The molecule has 2 rings (SSSR count). The van der Waals surface area contributed by atoms with Crippen LogP contribution in [0.25, 0.3) is 0 Å². The minimum Gasteiger partial charge on any atom is -0.407 e. The van der Waals surface area contributed by atoms with E-state index in [2.05, 4.69) is 37.9 Å². The zero-order valence-electron chi connectivity index (χ0n) is 12.1. The van der Waals surface area contributed by atoms with Gasteiger partial charge < -0.3 is 4.74 Å². The molecule has 0 saturated heterocycles. The van der Waals surface area contributed by atoms with Gasteiger partial charge in [0, 0.05) is 5.56 Å². The Labute approximate surface area is 114 Å². The van der Waals surface area contributed by atoms with Crippen LogP contribution in [0.4, 0.5) is 0 Å². The van der Waals surface area contributed by atoms with Crippen LogP contribution in [0.3, 0.4) is 0 Å². The molecule has 1 aromatic carbocycles. The number of aliphatic imine (C=N–C) groups is 1. The number of rotatable bonds is 2. The number of cyclic esters (lactones) is 1. The molecule has 0 saturated carbocycles. The number of hydrogen-bond acceptors (Lipinski definition) is 3. The Bertz CT molecular complexity index is 494. The maximum Gasteiger partial charge on any atom is 0.314 e. The maximum absolute atomic E-state index is 11.5. The number of benzene rings is 1. The van der Waals surface area contributed by atoms with E-state index in [1.807, 2.05) is 19.1 Å². The topological polar surface area (TPSA) is 38.7 Å². The Balaban J connectivity index is 2.27. The van der Waals surface area contributed by atoms with Crippen LogP contribution in [0.15, 0.2) is 29.3 Å². The first-order chi connectivity index (χ1) is 8.90. The molecule has 1 unspecified atom stereocenters. The van der Waals surface area contributed by atoms with Gasteiger partial charge in [-0.1, -0.05) is 39.8 Å². The molecule has 1 heterocycles. The van der Waals surface area contributed by atoms with Crippen molar-refractivity contribution in [2.75, 3.05) is 0 Å². The molecule has 0 aromatic heterocycles. The van der Waals surface area contributed by atoms with Crippen molar-refractivity contribution in [1.29, 1.82) is 0 Å². The summed E-state index contributed by atoms with van der Waals surface area (Å²) in [7, 11) is 0. The smallest absolute Gasteiger partial charge is 0.314 e. The van der Waals surface area contributed by atoms with Gasteiger partial charge in [-0.2, -0.15) is 0 Å². The SMILES string of the molecule is CCC1CC(=O)OC(c2ccc(C(C)(C)C)cc2)=N1. The van der Waals surface area contributed by atoms with Crippen molar-refractivity contribution in [1.82, 2.24) is 0 Å². The number of carbonyl (C=O) groups excluding carboxylic acids is 1. The zero-order valence-corrected chi connectivity index (χ0v) is 12.1. The summed E-state index contributed by atoms with van der Waals surface area (Å²) in [4.78, 5) is 16.0. The van der Waals surface area contributed by atoms with Gasteiger partial charge in [-0.05, 0) is 29.5 Å². The first-order valence-electron chi connectivity index (χ1n) is 6.79. The van der Waals surface area contributed by atoms with E-state index in [-0.39, 0.29) is 17.4 Å². The van der Waals surface area contributed by atoms with Crippen molar-refractivity contribution in [3.05, 3.63) is 35.4 Å². The molecule has 1 aliphatic rings. The molecule has 0 radical (unpaired) electrons. The van der Waals surface area contributed by atoms with E-state index in [1.165, 1.54) is 5.56 Å². The fraction of sp³-hybridized carbons (Fsp3) is 0.500. The van der Waals surface area contributed by atoms with Crippen LogP contribution in [0.1, 0.15) is 51.7 Å². The van der Waals surface area contributed by atoms with Crippen molar-refractivity contribution in [3.8, 4) is 0 Å². The molecule has 0 bridgehead atoms. The molecule has 3 nitrogen and oxygen atoms in total. The average Bonchev–Trinajstić information content (AvgIpc) is 2.37. The molecular formula is C16H21NO2. The molecule has 19 heavy (non-hydrogen) atoms.